The van der Waals surface area contributed by atoms with Crippen LogP contribution in [0.3, 0.4) is 0 Å². The van der Waals surface area contributed by atoms with Crippen LogP contribution in [0.5, 0.6) is 0 Å². The van der Waals surface area contributed by atoms with E-state index in [0.717, 1.165) is 55.0 Å². The number of nitrogens with one attached hydrogen (secondary N) is 2. The normalized spacial score (nSPS) is 18.7. The summed E-state index contributed by atoms with van der Waals surface area (Å²) in [5.74, 6) is 1.84. The Morgan fingerprint density at radius 3 is 2.74 bits per heavy atom. The predicted octanol–water partition coefficient (Wildman–Crippen LogP) is 3.51. The van der Waals surface area contributed by atoms with Gasteiger partial charge in [0.05, 0.1) is 12.2 Å². The third kappa shape index (κ3) is 6.83. The molecule has 1 aliphatic heterocycles. The highest BCUT2D eigenvalue weighted by Gasteiger charge is 2.17. The molecule has 154 valence electrons. The van der Waals surface area contributed by atoms with Crippen molar-refractivity contribution in [2.45, 2.75) is 85.2 Å². The fourth-order valence-electron chi connectivity index (χ4n) is 3.75. The molecule has 2 heterocycles. The number of hydrogen-bond donors (Lipinski definition) is 2. The molecule has 1 fully saturated rings. The smallest absolute Gasteiger partial charge is 0.191 e. The predicted molar refractivity (Wildman–Crippen MR) is 112 cm³/mol. The SMILES string of the molecule is CCNC(=NCc1c(CC)noc1CC)NCCCCN1CCCCC1C. The van der Waals surface area contributed by atoms with Crippen molar-refractivity contribution in [3.63, 3.8) is 0 Å². The topological polar surface area (TPSA) is 65.7 Å². The van der Waals surface area contributed by atoms with Crippen LogP contribution < -0.4 is 10.6 Å². The molecule has 2 N–H and O–H groups in total. The standard InChI is InChI=1S/C21H39N5O/c1-5-19-18(20(6-2)27-25-19)16-24-21(22-7-3)23-13-9-11-15-26-14-10-8-12-17(26)4/h17H,5-16H2,1-4H3,(H2,22,23,24). The van der Waals surface area contributed by atoms with E-state index in [9.17, 15) is 0 Å². The Labute approximate surface area is 165 Å². The number of guanidine groups is 1. The number of aryl methyl sites for hydroxylation is 2. The summed E-state index contributed by atoms with van der Waals surface area (Å²) in [5, 5.41) is 11.0. The Hall–Kier alpha value is -1.56. The Balaban J connectivity index is 1.77. The molecular weight excluding hydrogens is 338 g/mol. The zero-order chi connectivity index (χ0) is 19.5. The average molecular weight is 378 g/mol. The molecule has 0 bridgehead atoms. The van der Waals surface area contributed by atoms with Crippen LogP contribution in [0.1, 0.15) is 76.8 Å². The van der Waals surface area contributed by atoms with Crippen LogP contribution in [0.4, 0.5) is 0 Å². The second kappa shape index (κ2) is 12.0. The minimum absolute atomic E-state index is 0.622. The summed E-state index contributed by atoms with van der Waals surface area (Å²) in [7, 11) is 0. The maximum Gasteiger partial charge on any atom is 0.191 e. The van der Waals surface area contributed by atoms with Crippen molar-refractivity contribution < 1.29 is 4.52 Å². The summed E-state index contributed by atoms with van der Waals surface area (Å²) >= 11 is 0. The van der Waals surface area contributed by atoms with Crippen molar-refractivity contribution >= 4 is 5.96 Å². The lowest BCUT2D eigenvalue weighted by molar-refractivity contribution is 0.158. The summed E-state index contributed by atoms with van der Waals surface area (Å²) < 4.78 is 5.44. The monoisotopic (exact) mass is 377 g/mol. The van der Waals surface area contributed by atoms with Crippen LogP contribution in [0.25, 0.3) is 0 Å². The Morgan fingerprint density at radius 2 is 2.04 bits per heavy atom. The summed E-state index contributed by atoms with van der Waals surface area (Å²) in [6.07, 6.45) is 8.26. The van der Waals surface area contributed by atoms with Gasteiger partial charge in [-0.3, -0.25) is 0 Å². The van der Waals surface area contributed by atoms with Crippen molar-refractivity contribution in [3.8, 4) is 0 Å². The van der Waals surface area contributed by atoms with Gasteiger partial charge in [0, 0.05) is 31.1 Å². The molecule has 1 aliphatic rings. The van der Waals surface area contributed by atoms with Crippen LogP contribution in [-0.2, 0) is 19.4 Å². The molecule has 27 heavy (non-hydrogen) atoms. The average Bonchev–Trinajstić information content (AvgIpc) is 3.09. The van der Waals surface area contributed by atoms with Crippen LogP contribution in [0, 0.1) is 0 Å². The summed E-state index contributed by atoms with van der Waals surface area (Å²) in [5.41, 5.74) is 2.18. The lowest BCUT2D eigenvalue weighted by Gasteiger charge is -2.33. The third-order valence-corrected chi connectivity index (χ3v) is 5.45. The summed E-state index contributed by atoms with van der Waals surface area (Å²) in [4.78, 5) is 7.40. The quantitative estimate of drug-likeness (QED) is 0.371. The van der Waals surface area contributed by atoms with Gasteiger partial charge in [0.15, 0.2) is 5.96 Å². The summed E-state index contributed by atoms with van der Waals surface area (Å²) in [6, 6.07) is 0.759. The number of aromatic nitrogens is 1. The minimum Gasteiger partial charge on any atom is -0.361 e. The molecule has 0 spiro atoms. The second-order valence-electron chi connectivity index (χ2n) is 7.45. The maximum absolute atomic E-state index is 5.44. The van der Waals surface area contributed by atoms with Gasteiger partial charge in [-0.1, -0.05) is 25.4 Å². The highest BCUT2D eigenvalue weighted by molar-refractivity contribution is 5.79. The van der Waals surface area contributed by atoms with Crippen molar-refractivity contribution in [1.29, 1.82) is 0 Å². The molecule has 0 aliphatic carbocycles. The minimum atomic E-state index is 0.622. The van der Waals surface area contributed by atoms with Gasteiger partial charge in [0.2, 0.25) is 0 Å². The van der Waals surface area contributed by atoms with Crippen molar-refractivity contribution in [2.75, 3.05) is 26.2 Å². The van der Waals surface area contributed by atoms with E-state index >= 15 is 0 Å². The largest absolute Gasteiger partial charge is 0.361 e. The van der Waals surface area contributed by atoms with E-state index in [2.05, 4.69) is 48.4 Å². The lowest BCUT2D eigenvalue weighted by Crippen LogP contribution is -2.39. The number of nitrogens with zero attached hydrogens (tertiary/aromatic N) is 3. The highest BCUT2D eigenvalue weighted by Crippen LogP contribution is 2.17. The number of likely N-dealkylation sites (tertiary alicyclic amines) is 1. The number of aliphatic imine (C=N–C) groups is 1. The number of piperidine rings is 1. The van der Waals surface area contributed by atoms with E-state index in [1.165, 1.54) is 45.2 Å². The summed E-state index contributed by atoms with van der Waals surface area (Å²) in [6.45, 7) is 13.6. The van der Waals surface area contributed by atoms with E-state index in [1.807, 2.05) is 0 Å². The van der Waals surface area contributed by atoms with Gasteiger partial charge in [-0.15, -0.1) is 0 Å². The van der Waals surface area contributed by atoms with Crippen molar-refractivity contribution in [1.82, 2.24) is 20.7 Å². The molecule has 6 nitrogen and oxygen atoms in total. The molecule has 0 aromatic carbocycles. The zero-order valence-corrected chi connectivity index (χ0v) is 17.8. The first-order valence-electron chi connectivity index (χ1n) is 10.9. The van der Waals surface area contributed by atoms with E-state index < -0.39 is 0 Å². The van der Waals surface area contributed by atoms with Gasteiger partial charge >= 0.3 is 0 Å². The first-order valence-corrected chi connectivity index (χ1v) is 10.9. The van der Waals surface area contributed by atoms with Crippen LogP contribution in [-0.4, -0.2) is 48.2 Å². The van der Waals surface area contributed by atoms with Crippen molar-refractivity contribution in [3.05, 3.63) is 17.0 Å². The van der Waals surface area contributed by atoms with E-state index in [-0.39, 0.29) is 0 Å². The first kappa shape index (κ1) is 21.7. The van der Waals surface area contributed by atoms with Crippen molar-refractivity contribution in [2.24, 2.45) is 4.99 Å². The zero-order valence-electron chi connectivity index (χ0n) is 17.8. The first-order chi connectivity index (χ1) is 13.2. The van der Waals surface area contributed by atoms with E-state index in [1.54, 1.807) is 0 Å². The molecule has 0 radical (unpaired) electrons. The van der Waals surface area contributed by atoms with Gasteiger partial charge in [-0.05, 0) is 59.0 Å². The molecule has 0 saturated carbocycles. The molecule has 1 atom stereocenters. The van der Waals surface area contributed by atoms with Gasteiger partial charge in [-0.25, -0.2) is 4.99 Å². The van der Waals surface area contributed by atoms with E-state index in [4.69, 9.17) is 9.52 Å². The fraction of sp³-hybridized carbons (Fsp3) is 0.810. The third-order valence-electron chi connectivity index (χ3n) is 5.45. The molecule has 0 amide bonds. The van der Waals surface area contributed by atoms with E-state index in [0.29, 0.717) is 6.54 Å². The Morgan fingerprint density at radius 1 is 1.19 bits per heavy atom. The molecule has 1 aromatic rings. The molecule has 1 unspecified atom stereocenters. The number of rotatable bonds is 10. The van der Waals surface area contributed by atoms with Crippen LogP contribution >= 0.6 is 0 Å². The molecule has 2 rings (SSSR count). The molecule has 1 aromatic heterocycles. The number of unbranched alkanes of at least 4 members (excludes halogenated alkanes) is 1. The molecule has 6 heteroatoms. The fourth-order valence-corrected chi connectivity index (χ4v) is 3.75. The van der Waals surface area contributed by atoms with Gasteiger partial charge < -0.3 is 20.1 Å². The molecular formula is C21H39N5O. The number of hydrogen-bond acceptors (Lipinski definition) is 4. The van der Waals surface area contributed by atoms with Crippen LogP contribution in [0.2, 0.25) is 0 Å². The van der Waals surface area contributed by atoms with Gasteiger partial charge in [0.1, 0.15) is 5.76 Å². The second-order valence-corrected chi connectivity index (χ2v) is 7.45. The Bertz CT molecular complexity index is 547. The molecule has 1 saturated heterocycles. The Kier molecular flexibility index (Phi) is 9.67. The van der Waals surface area contributed by atoms with Crippen LogP contribution in [0.15, 0.2) is 9.52 Å². The lowest BCUT2D eigenvalue weighted by atomic mass is 10.0. The van der Waals surface area contributed by atoms with Gasteiger partial charge in [0.25, 0.3) is 0 Å². The van der Waals surface area contributed by atoms with Gasteiger partial charge in [-0.2, -0.15) is 0 Å². The maximum atomic E-state index is 5.44. The highest BCUT2D eigenvalue weighted by atomic mass is 16.5.